The summed E-state index contributed by atoms with van der Waals surface area (Å²) in [7, 11) is 0. The molecule has 1 saturated heterocycles. The van der Waals surface area contributed by atoms with E-state index in [1.165, 1.54) is 17.7 Å². The van der Waals surface area contributed by atoms with Crippen molar-refractivity contribution in [2.45, 2.75) is 25.9 Å². The molecule has 1 amide bonds. The number of carbonyl (C=O) groups is 1. The maximum absolute atomic E-state index is 12.3. The molecule has 0 saturated carbocycles. The molecule has 0 aliphatic carbocycles. The minimum absolute atomic E-state index is 0.00829. The Bertz CT molecular complexity index is 639. The van der Waals surface area contributed by atoms with Gasteiger partial charge in [0.05, 0.1) is 0 Å². The van der Waals surface area contributed by atoms with E-state index in [0.29, 0.717) is 18.0 Å². The molecule has 3 N–H and O–H groups in total. The van der Waals surface area contributed by atoms with Gasteiger partial charge in [-0.05, 0) is 54.4 Å². The van der Waals surface area contributed by atoms with Gasteiger partial charge in [0.2, 0.25) is 0 Å². The topological polar surface area (TPSA) is 58.4 Å². The number of benzene rings is 1. The maximum atomic E-state index is 12.3. The fourth-order valence-corrected chi connectivity index (χ4v) is 3.96. The molecular formula is C19H25N3OS. The van der Waals surface area contributed by atoms with Gasteiger partial charge >= 0.3 is 0 Å². The standard InChI is InChI=1S/C19H25N3OS/c20-11-15-5-7-17(8-6-15)19(23)21-12-16-3-1-9-22(13-16)14-18-4-2-10-24-18/h2,4-8,10,16H,1,3,9,11-14,20H2,(H,21,23). The van der Waals surface area contributed by atoms with Crippen LogP contribution in [0.15, 0.2) is 41.8 Å². The summed E-state index contributed by atoms with van der Waals surface area (Å²) < 4.78 is 0. The van der Waals surface area contributed by atoms with Crippen molar-refractivity contribution in [1.29, 1.82) is 0 Å². The number of hydrogen-bond acceptors (Lipinski definition) is 4. The molecule has 1 aliphatic heterocycles. The predicted molar refractivity (Wildman–Crippen MR) is 99.0 cm³/mol. The third-order valence-corrected chi connectivity index (χ3v) is 5.43. The summed E-state index contributed by atoms with van der Waals surface area (Å²) in [5.74, 6) is 0.542. The van der Waals surface area contributed by atoms with Crippen LogP contribution in [-0.4, -0.2) is 30.4 Å². The number of hydrogen-bond donors (Lipinski definition) is 2. The molecule has 24 heavy (non-hydrogen) atoms. The first-order chi connectivity index (χ1) is 11.7. The molecule has 4 nitrogen and oxygen atoms in total. The van der Waals surface area contributed by atoms with Crippen LogP contribution < -0.4 is 11.1 Å². The second-order valence-electron chi connectivity index (χ2n) is 6.43. The number of rotatable bonds is 6. The number of carbonyl (C=O) groups excluding carboxylic acids is 1. The number of nitrogens with one attached hydrogen (secondary N) is 1. The molecule has 0 bridgehead atoms. The highest BCUT2D eigenvalue weighted by Gasteiger charge is 2.20. The second kappa shape index (κ2) is 8.42. The Morgan fingerprint density at radius 2 is 2.12 bits per heavy atom. The van der Waals surface area contributed by atoms with Crippen LogP contribution in [0.1, 0.15) is 33.6 Å². The van der Waals surface area contributed by atoms with Crippen molar-refractivity contribution in [3.63, 3.8) is 0 Å². The number of thiophene rings is 1. The van der Waals surface area contributed by atoms with Crippen molar-refractivity contribution < 1.29 is 4.79 Å². The molecule has 2 aromatic rings. The quantitative estimate of drug-likeness (QED) is 0.848. The second-order valence-corrected chi connectivity index (χ2v) is 7.47. The van der Waals surface area contributed by atoms with Gasteiger partial charge in [-0.3, -0.25) is 9.69 Å². The highest BCUT2D eigenvalue weighted by Crippen LogP contribution is 2.20. The van der Waals surface area contributed by atoms with E-state index in [1.54, 1.807) is 0 Å². The van der Waals surface area contributed by atoms with Crippen LogP contribution >= 0.6 is 11.3 Å². The van der Waals surface area contributed by atoms with Gasteiger partial charge in [-0.2, -0.15) is 0 Å². The van der Waals surface area contributed by atoms with E-state index < -0.39 is 0 Å². The van der Waals surface area contributed by atoms with Crippen molar-refractivity contribution in [3.05, 3.63) is 57.8 Å². The van der Waals surface area contributed by atoms with Gasteiger partial charge < -0.3 is 11.1 Å². The molecule has 1 fully saturated rings. The predicted octanol–water partition coefficient (Wildman–Crippen LogP) is 2.85. The summed E-state index contributed by atoms with van der Waals surface area (Å²) in [5.41, 5.74) is 7.34. The van der Waals surface area contributed by atoms with Crippen LogP contribution in [0.25, 0.3) is 0 Å². The lowest BCUT2D eigenvalue weighted by atomic mass is 9.97. The smallest absolute Gasteiger partial charge is 0.251 e. The maximum Gasteiger partial charge on any atom is 0.251 e. The van der Waals surface area contributed by atoms with Crippen molar-refractivity contribution in [2.24, 2.45) is 11.7 Å². The van der Waals surface area contributed by atoms with E-state index in [-0.39, 0.29) is 5.91 Å². The van der Waals surface area contributed by atoms with Gasteiger partial charge in [0, 0.05) is 36.6 Å². The first kappa shape index (κ1) is 17.1. The molecule has 1 unspecified atom stereocenters. The number of piperidine rings is 1. The van der Waals surface area contributed by atoms with Gasteiger partial charge in [0.15, 0.2) is 0 Å². The van der Waals surface area contributed by atoms with Gasteiger partial charge in [0.1, 0.15) is 0 Å². The Labute approximate surface area is 147 Å². The lowest BCUT2D eigenvalue weighted by Crippen LogP contribution is -2.40. The molecule has 5 heteroatoms. The fourth-order valence-electron chi connectivity index (χ4n) is 3.22. The summed E-state index contributed by atoms with van der Waals surface area (Å²) >= 11 is 1.82. The molecule has 2 heterocycles. The van der Waals surface area contributed by atoms with Crippen LogP contribution in [0.2, 0.25) is 0 Å². The first-order valence-electron chi connectivity index (χ1n) is 8.56. The highest BCUT2D eigenvalue weighted by atomic mass is 32.1. The molecule has 128 valence electrons. The van der Waals surface area contributed by atoms with Crippen LogP contribution in [0.5, 0.6) is 0 Å². The lowest BCUT2D eigenvalue weighted by Gasteiger charge is -2.32. The van der Waals surface area contributed by atoms with Crippen molar-refractivity contribution in [3.8, 4) is 0 Å². The molecular weight excluding hydrogens is 318 g/mol. The van der Waals surface area contributed by atoms with Gasteiger partial charge in [0.25, 0.3) is 5.91 Å². The van der Waals surface area contributed by atoms with Gasteiger partial charge in [-0.1, -0.05) is 18.2 Å². The van der Waals surface area contributed by atoms with E-state index in [1.807, 2.05) is 35.6 Å². The Kier molecular flexibility index (Phi) is 6.01. The Morgan fingerprint density at radius 3 is 2.83 bits per heavy atom. The number of amides is 1. The third kappa shape index (κ3) is 4.66. The number of likely N-dealkylation sites (tertiary alicyclic amines) is 1. The van der Waals surface area contributed by atoms with Crippen LogP contribution in [0.3, 0.4) is 0 Å². The first-order valence-corrected chi connectivity index (χ1v) is 9.44. The molecule has 1 aromatic carbocycles. The Hall–Kier alpha value is -1.69. The molecule has 0 spiro atoms. The molecule has 1 aromatic heterocycles. The summed E-state index contributed by atoms with van der Waals surface area (Å²) in [6.07, 6.45) is 2.39. The number of nitrogens with zero attached hydrogens (tertiary/aromatic N) is 1. The summed E-state index contributed by atoms with van der Waals surface area (Å²) in [4.78, 5) is 16.2. The molecule has 3 rings (SSSR count). The van der Waals surface area contributed by atoms with Crippen molar-refractivity contribution in [1.82, 2.24) is 10.2 Å². The number of nitrogens with two attached hydrogens (primary N) is 1. The Balaban J connectivity index is 1.47. The zero-order chi connectivity index (χ0) is 16.8. The van der Waals surface area contributed by atoms with E-state index in [0.717, 1.165) is 31.7 Å². The Morgan fingerprint density at radius 1 is 1.29 bits per heavy atom. The monoisotopic (exact) mass is 343 g/mol. The SMILES string of the molecule is NCc1ccc(C(=O)NCC2CCCN(Cc3cccs3)C2)cc1. The molecule has 0 radical (unpaired) electrons. The van der Waals surface area contributed by atoms with E-state index in [9.17, 15) is 4.79 Å². The normalized spacial score (nSPS) is 18.5. The third-order valence-electron chi connectivity index (χ3n) is 4.57. The molecule has 1 aliphatic rings. The average molecular weight is 343 g/mol. The van der Waals surface area contributed by atoms with Gasteiger partial charge in [-0.15, -0.1) is 11.3 Å². The zero-order valence-corrected chi connectivity index (χ0v) is 14.7. The van der Waals surface area contributed by atoms with Crippen LogP contribution in [-0.2, 0) is 13.1 Å². The van der Waals surface area contributed by atoms with Crippen LogP contribution in [0.4, 0.5) is 0 Å². The minimum atomic E-state index is 0.00829. The lowest BCUT2D eigenvalue weighted by molar-refractivity contribution is 0.0931. The summed E-state index contributed by atoms with van der Waals surface area (Å²) in [5, 5.41) is 5.22. The van der Waals surface area contributed by atoms with Crippen molar-refractivity contribution >= 4 is 17.2 Å². The average Bonchev–Trinajstić information content (AvgIpc) is 3.13. The van der Waals surface area contributed by atoms with E-state index in [2.05, 4.69) is 27.7 Å². The largest absolute Gasteiger partial charge is 0.352 e. The highest BCUT2D eigenvalue weighted by molar-refractivity contribution is 7.09. The van der Waals surface area contributed by atoms with Crippen LogP contribution in [0, 0.1) is 5.92 Å². The van der Waals surface area contributed by atoms with E-state index in [4.69, 9.17) is 5.73 Å². The van der Waals surface area contributed by atoms with E-state index >= 15 is 0 Å². The summed E-state index contributed by atoms with van der Waals surface area (Å²) in [6.45, 7) is 4.50. The fraction of sp³-hybridized carbons (Fsp3) is 0.421. The van der Waals surface area contributed by atoms with Gasteiger partial charge in [-0.25, -0.2) is 0 Å². The zero-order valence-electron chi connectivity index (χ0n) is 13.9. The van der Waals surface area contributed by atoms with Crippen molar-refractivity contribution in [2.75, 3.05) is 19.6 Å². The summed E-state index contributed by atoms with van der Waals surface area (Å²) in [6, 6.07) is 11.8. The molecule has 1 atom stereocenters. The minimum Gasteiger partial charge on any atom is -0.352 e.